The number of sulfonamides is 1. The Hall–Kier alpha value is -2.30. The van der Waals surface area contributed by atoms with Crippen molar-refractivity contribution in [3.8, 4) is 5.75 Å². The summed E-state index contributed by atoms with van der Waals surface area (Å²) in [4.78, 5) is 12.8. The van der Waals surface area contributed by atoms with Gasteiger partial charge in [0.2, 0.25) is 5.91 Å². The maximum Gasteiger partial charge on any atom is 0.264 e. The fraction of sp³-hybridized carbons (Fsp3) is 0.0952. The Morgan fingerprint density at radius 1 is 1.07 bits per heavy atom. The summed E-state index contributed by atoms with van der Waals surface area (Å²) in [6.45, 7) is -0.458. The number of carbonyl (C=O) groups excluding carboxylic acids is 1. The summed E-state index contributed by atoms with van der Waals surface area (Å²) in [6, 6.07) is 19.7. The maximum absolute atomic E-state index is 13.4. The van der Waals surface area contributed by atoms with E-state index in [0.29, 0.717) is 10.7 Å². The van der Waals surface area contributed by atoms with Crippen LogP contribution in [-0.2, 0) is 14.8 Å². The highest BCUT2D eigenvalue weighted by molar-refractivity contribution is 14.1. The second-order valence-electron chi connectivity index (χ2n) is 6.20. The lowest BCUT2D eigenvalue weighted by molar-refractivity contribution is -0.114. The molecule has 9 heteroatoms. The fourth-order valence-electron chi connectivity index (χ4n) is 2.74. The summed E-state index contributed by atoms with van der Waals surface area (Å²) < 4.78 is 34.1. The Morgan fingerprint density at radius 3 is 2.37 bits per heavy atom. The van der Waals surface area contributed by atoms with Crippen molar-refractivity contribution in [2.75, 3.05) is 23.3 Å². The topological polar surface area (TPSA) is 75.7 Å². The summed E-state index contributed by atoms with van der Waals surface area (Å²) in [5.74, 6) is -0.223. The quantitative estimate of drug-likeness (QED) is 0.425. The van der Waals surface area contributed by atoms with Crippen LogP contribution in [0.3, 0.4) is 0 Å². The van der Waals surface area contributed by atoms with E-state index in [2.05, 4.69) is 27.9 Å². The Balaban J connectivity index is 2.01. The molecular formula is C21H18ClIN2O4S. The van der Waals surface area contributed by atoms with Crippen molar-refractivity contribution < 1.29 is 17.9 Å². The standard InChI is InChI=1S/C21H18ClIN2O4S/c1-29-20-12-7-15(22)13-19(20)25(30(27,28)18-5-3-2-4-6-18)14-21(26)24-17-10-8-16(23)9-11-17/h2-13H,14H2,1H3,(H,24,26). The first kappa shape index (κ1) is 22.4. The minimum atomic E-state index is -4.06. The van der Waals surface area contributed by atoms with Gasteiger partial charge >= 0.3 is 0 Å². The molecule has 1 amide bonds. The molecule has 6 nitrogen and oxygen atoms in total. The van der Waals surface area contributed by atoms with Crippen LogP contribution in [0.25, 0.3) is 0 Å². The second kappa shape index (κ2) is 9.67. The maximum atomic E-state index is 13.4. The van der Waals surface area contributed by atoms with Gasteiger partial charge in [-0.15, -0.1) is 0 Å². The highest BCUT2D eigenvalue weighted by Crippen LogP contribution is 2.34. The molecule has 30 heavy (non-hydrogen) atoms. The van der Waals surface area contributed by atoms with E-state index >= 15 is 0 Å². The molecule has 0 fully saturated rings. The molecule has 0 aromatic heterocycles. The summed E-state index contributed by atoms with van der Waals surface area (Å²) in [5, 5.41) is 3.04. The van der Waals surface area contributed by atoms with Crippen molar-refractivity contribution in [3.05, 3.63) is 81.4 Å². The molecule has 1 N–H and O–H groups in total. The number of nitrogens with zero attached hydrogens (tertiary/aromatic N) is 1. The first-order chi connectivity index (χ1) is 14.3. The zero-order chi connectivity index (χ0) is 21.7. The van der Waals surface area contributed by atoms with Crippen LogP contribution in [0, 0.1) is 3.57 Å². The van der Waals surface area contributed by atoms with Gasteiger partial charge < -0.3 is 10.1 Å². The molecule has 3 rings (SSSR count). The molecule has 0 aliphatic carbocycles. The van der Waals surface area contributed by atoms with Gasteiger partial charge in [0.05, 0.1) is 17.7 Å². The van der Waals surface area contributed by atoms with E-state index in [1.54, 1.807) is 42.5 Å². The number of amides is 1. The third-order valence-corrected chi connectivity index (χ3v) is 6.88. The first-order valence-corrected chi connectivity index (χ1v) is 11.7. The van der Waals surface area contributed by atoms with Crippen molar-refractivity contribution in [1.82, 2.24) is 0 Å². The molecule has 0 unspecified atom stereocenters. The smallest absolute Gasteiger partial charge is 0.264 e. The van der Waals surface area contributed by atoms with E-state index in [9.17, 15) is 13.2 Å². The molecule has 0 aliphatic heterocycles. The molecule has 0 heterocycles. The minimum Gasteiger partial charge on any atom is -0.495 e. The third kappa shape index (κ3) is 5.24. The Morgan fingerprint density at radius 2 is 1.73 bits per heavy atom. The zero-order valence-corrected chi connectivity index (χ0v) is 19.6. The van der Waals surface area contributed by atoms with E-state index in [0.717, 1.165) is 7.88 Å². The van der Waals surface area contributed by atoms with Crippen molar-refractivity contribution in [2.45, 2.75) is 4.90 Å². The Kier molecular flexibility index (Phi) is 7.22. The first-order valence-electron chi connectivity index (χ1n) is 8.78. The lowest BCUT2D eigenvalue weighted by Gasteiger charge is -2.25. The van der Waals surface area contributed by atoms with Crippen molar-refractivity contribution >= 4 is 61.5 Å². The van der Waals surface area contributed by atoms with Gasteiger partial charge in [0, 0.05) is 14.3 Å². The monoisotopic (exact) mass is 556 g/mol. The molecule has 0 aliphatic rings. The number of hydrogen-bond acceptors (Lipinski definition) is 4. The normalized spacial score (nSPS) is 11.0. The van der Waals surface area contributed by atoms with Crippen LogP contribution in [0.15, 0.2) is 77.7 Å². The van der Waals surface area contributed by atoms with E-state index in [1.165, 1.54) is 25.3 Å². The van der Waals surface area contributed by atoms with Crippen molar-refractivity contribution in [2.24, 2.45) is 0 Å². The Labute approximate surface area is 194 Å². The largest absolute Gasteiger partial charge is 0.495 e. The summed E-state index contributed by atoms with van der Waals surface area (Å²) in [6.07, 6.45) is 0. The van der Waals surface area contributed by atoms with Crippen LogP contribution in [0.2, 0.25) is 5.02 Å². The number of methoxy groups -OCH3 is 1. The van der Waals surface area contributed by atoms with E-state index in [1.807, 2.05) is 12.1 Å². The SMILES string of the molecule is COc1ccc(Cl)cc1N(CC(=O)Nc1ccc(I)cc1)S(=O)(=O)c1ccccc1. The van der Waals surface area contributed by atoms with Gasteiger partial charge in [-0.05, 0) is 77.2 Å². The van der Waals surface area contributed by atoms with Crippen molar-refractivity contribution in [1.29, 1.82) is 0 Å². The number of ether oxygens (including phenoxy) is 1. The van der Waals surface area contributed by atoms with Crippen LogP contribution < -0.4 is 14.4 Å². The molecule has 0 saturated heterocycles. The molecule has 3 aromatic carbocycles. The van der Waals surface area contributed by atoms with Gasteiger partial charge in [-0.2, -0.15) is 0 Å². The molecule has 0 bridgehead atoms. The third-order valence-electron chi connectivity index (χ3n) is 4.16. The van der Waals surface area contributed by atoms with Gasteiger partial charge in [-0.25, -0.2) is 8.42 Å². The Bertz CT molecular complexity index is 1140. The molecular weight excluding hydrogens is 539 g/mol. The van der Waals surface area contributed by atoms with E-state index < -0.39 is 22.5 Å². The van der Waals surface area contributed by atoms with Crippen LogP contribution in [0.4, 0.5) is 11.4 Å². The van der Waals surface area contributed by atoms with Crippen LogP contribution in [0.1, 0.15) is 0 Å². The summed E-state index contributed by atoms with van der Waals surface area (Å²) >= 11 is 8.28. The molecule has 0 saturated carbocycles. The average molecular weight is 557 g/mol. The van der Waals surface area contributed by atoms with Gasteiger partial charge in [0.15, 0.2) is 0 Å². The van der Waals surface area contributed by atoms with Crippen LogP contribution >= 0.6 is 34.2 Å². The number of rotatable bonds is 7. The number of nitrogens with one attached hydrogen (secondary N) is 1. The molecule has 0 spiro atoms. The number of benzene rings is 3. The highest BCUT2D eigenvalue weighted by Gasteiger charge is 2.29. The minimum absolute atomic E-state index is 0.0501. The van der Waals surface area contributed by atoms with Gasteiger partial charge in [-0.3, -0.25) is 9.10 Å². The molecule has 0 atom stereocenters. The second-order valence-corrected chi connectivity index (χ2v) is 9.74. The fourth-order valence-corrected chi connectivity index (χ4v) is 4.71. The number of hydrogen-bond donors (Lipinski definition) is 1. The lowest BCUT2D eigenvalue weighted by atomic mass is 10.3. The van der Waals surface area contributed by atoms with Crippen molar-refractivity contribution in [3.63, 3.8) is 0 Å². The molecule has 0 radical (unpaired) electrons. The van der Waals surface area contributed by atoms with E-state index in [4.69, 9.17) is 16.3 Å². The highest BCUT2D eigenvalue weighted by atomic mass is 127. The summed E-state index contributed by atoms with van der Waals surface area (Å²) in [7, 11) is -2.64. The van der Waals surface area contributed by atoms with Gasteiger partial charge in [0.25, 0.3) is 10.0 Å². The predicted octanol–water partition coefficient (Wildman–Crippen LogP) is 4.79. The molecule has 156 valence electrons. The van der Waals surface area contributed by atoms with Gasteiger partial charge in [0.1, 0.15) is 12.3 Å². The zero-order valence-electron chi connectivity index (χ0n) is 15.9. The lowest BCUT2D eigenvalue weighted by Crippen LogP contribution is -2.38. The average Bonchev–Trinajstić information content (AvgIpc) is 2.74. The summed E-state index contributed by atoms with van der Waals surface area (Å²) in [5.41, 5.74) is 0.738. The van der Waals surface area contributed by atoms with Gasteiger partial charge in [-0.1, -0.05) is 29.8 Å². The number of halogens is 2. The van der Waals surface area contributed by atoms with Crippen LogP contribution in [0.5, 0.6) is 5.75 Å². The molecule has 3 aromatic rings. The predicted molar refractivity (Wildman–Crippen MR) is 127 cm³/mol. The van der Waals surface area contributed by atoms with E-state index in [-0.39, 0.29) is 16.3 Å². The van der Waals surface area contributed by atoms with Crippen LogP contribution in [-0.4, -0.2) is 28.0 Å². The number of carbonyl (C=O) groups is 1. The number of anilines is 2.